The normalized spacial score (nSPS) is 12.0. The number of aryl methyl sites for hydroxylation is 1. The van der Waals surface area contributed by atoms with Crippen LogP contribution in [0.5, 0.6) is 0 Å². The zero-order valence-corrected chi connectivity index (χ0v) is 13.1. The molecule has 0 amide bonds. The molecule has 2 N–H and O–H groups in total. The Morgan fingerprint density at radius 1 is 1.24 bits per heavy atom. The van der Waals surface area contributed by atoms with Crippen molar-refractivity contribution in [2.75, 3.05) is 6.54 Å². The summed E-state index contributed by atoms with van der Waals surface area (Å²) in [5.74, 6) is 0.779. The molecular formula is C14H15N3O2S2. The predicted octanol–water partition coefficient (Wildman–Crippen LogP) is 2.45. The fraction of sp³-hybridized carbons (Fsp3) is 0.214. The third-order valence-corrected chi connectivity index (χ3v) is 6.03. The van der Waals surface area contributed by atoms with Gasteiger partial charge in [0.15, 0.2) is 0 Å². The lowest BCUT2D eigenvalue weighted by Gasteiger charge is -2.03. The van der Waals surface area contributed by atoms with Crippen molar-refractivity contribution in [1.29, 1.82) is 0 Å². The van der Waals surface area contributed by atoms with Crippen molar-refractivity contribution in [2.45, 2.75) is 17.6 Å². The highest BCUT2D eigenvalue weighted by atomic mass is 32.2. The second-order valence-electron chi connectivity index (χ2n) is 4.71. The van der Waals surface area contributed by atoms with Gasteiger partial charge < -0.3 is 4.98 Å². The average Bonchev–Trinajstić information content (AvgIpc) is 3.04. The number of hydrogen-bond acceptors (Lipinski definition) is 4. The average molecular weight is 321 g/mol. The van der Waals surface area contributed by atoms with Gasteiger partial charge in [0.05, 0.1) is 11.0 Å². The first-order valence-electron chi connectivity index (χ1n) is 6.54. The quantitative estimate of drug-likeness (QED) is 0.758. The second-order valence-corrected chi connectivity index (χ2v) is 8.00. The van der Waals surface area contributed by atoms with Crippen molar-refractivity contribution in [1.82, 2.24) is 14.7 Å². The first-order valence-corrected chi connectivity index (χ1v) is 8.84. The fourth-order valence-corrected chi connectivity index (χ4v) is 4.42. The zero-order chi connectivity index (χ0) is 14.9. The lowest BCUT2D eigenvalue weighted by atomic mass is 10.3. The SMILES string of the molecule is Cc1ccc(S(=O)(=O)NCCc2nc3ccccc3[nH]2)s1. The van der Waals surface area contributed by atoms with Gasteiger partial charge in [0.25, 0.3) is 0 Å². The van der Waals surface area contributed by atoms with E-state index in [-0.39, 0.29) is 0 Å². The number of rotatable bonds is 5. The lowest BCUT2D eigenvalue weighted by Crippen LogP contribution is -2.25. The first kappa shape index (κ1) is 14.2. The van der Waals surface area contributed by atoms with Crippen LogP contribution in [-0.2, 0) is 16.4 Å². The molecule has 0 aliphatic carbocycles. The number of aromatic amines is 1. The van der Waals surface area contributed by atoms with Gasteiger partial charge in [-0.25, -0.2) is 18.1 Å². The number of H-pyrrole nitrogens is 1. The summed E-state index contributed by atoms with van der Waals surface area (Å²) in [5, 5.41) is 0. The summed E-state index contributed by atoms with van der Waals surface area (Å²) in [6.45, 7) is 2.21. The molecule has 0 aliphatic heterocycles. The topological polar surface area (TPSA) is 74.8 Å². The molecular weight excluding hydrogens is 306 g/mol. The maximum absolute atomic E-state index is 12.1. The lowest BCUT2D eigenvalue weighted by molar-refractivity contribution is 0.583. The number of thiophene rings is 1. The van der Waals surface area contributed by atoms with E-state index < -0.39 is 10.0 Å². The monoisotopic (exact) mass is 321 g/mol. The van der Waals surface area contributed by atoms with Crippen LogP contribution in [0, 0.1) is 6.92 Å². The van der Waals surface area contributed by atoms with E-state index in [1.807, 2.05) is 31.2 Å². The highest BCUT2D eigenvalue weighted by Gasteiger charge is 2.15. The summed E-state index contributed by atoms with van der Waals surface area (Å²) in [5.41, 5.74) is 1.86. The number of nitrogens with zero attached hydrogens (tertiary/aromatic N) is 1. The van der Waals surface area contributed by atoms with Crippen molar-refractivity contribution in [3.63, 3.8) is 0 Å². The molecule has 1 aromatic carbocycles. The van der Waals surface area contributed by atoms with E-state index in [4.69, 9.17) is 0 Å². The maximum atomic E-state index is 12.1. The van der Waals surface area contributed by atoms with E-state index >= 15 is 0 Å². The molecule has 3 aromatic rings. The molecule has 0 spiro atoms. The summed E-state index contributed by atoms with van der Waals surface area (Å²) < 4.78 is 27.1. The van der Waals surface area contributed by atoms with Gasteiger partial charge in [-0.05, 0) is 31.2 Å². The zero-order valence-electron chi connectivity index (χ0n) is 11.5. The van der Waals surface area contributed by atoms with Crippen LogP contribution in [0.2, 0.25) is 0 Å². The van der Waals surface area contributed by atoms with Gasteiger partial charge in [-0.1, -0.05) is 12.1 Å². The Bertz CT molecular complexity index is 832. The molecule has 21 heavy (non-hydrogen) atoms. The number of benzene rings is 1. The van der Waals surface area contributed by atoms with Crippen molar-refractivity contribution >= 4 is 32.4 Å². The summed E-state index contributed by atoms with van der Waals surface area (Å²) >= 11 is 1.27. The van der Waals surface area contributed by atoms with Crippen molar-refractivity contribution in [3.05, 3.63) is 47.1 Å². The largest absolute Gasteiger partial charge is 0.342 e. The van der Waals surface area contributed by atoms with Crippen molar-refractivity contribution < 1.29 is 8.42 Å². The van der Waals surface area contributed by atoms with Gasteiger partial charge in [0, 0.05) is 17.8 Å². The third kappa shape index (κ3) is 3.15. The summed E-state index contributed by atoms with van der Waals surface area (Å²) in [6.07, 6.45) is 0.526. The second kappa shape index (κ2) is 5.59. The molecule has 0 aliphatic rings. The van der Waals surface area contributed by atoms with Gasteiger partial charge in [0.1, 0.15) is 10.0 Å². The van der Waals surface area contributed by atoms with E-state index in [1.54, 1.807) is 12.1 Å². The van der Waals surface area contributed by atoms with Crippen LogP contribution in [0.15, 0.2) is 40.6 Å². The van der Waals surface area contributed by atoms with Gasteiger partial charge in [0.2, 0.25) is 10.0 Å². The number of hydrogen-bond donors (Lipinski definition) is 2. The Balaban J connectivity index is 1.65. The number of para-hydroxylation sites is 2. The Labute approximate surface area is 127 Å². The third-order valence-electron chi connectivity index (χ3n) is 3.07. The Morgan fingerprint density at radius 3 is 2.76 bits per heavy atom. The van der Waals surface area contributed by atoms with Crippen molar-refractivity contribution in [3.8, 4) is 0 Å². The van der Waals surface area contributed by atoms with Gasteiger partial charge >= 0.3 is 0 Å². The molecule has 110 valence electrons. The molecule has 5 nitrogen and oxygen atoms in total. The van der Waals surface area contributed by atoms with Crippen LogP contribution in [0.4, 0.5) is 0 Å². The molecule has 0 bridgehead atoms. The fourth-order valence-electron chi connectivity index (χ4n) is 2.06. The molecule has 0 radical (unpaired) electrons. The maximum Gasteiger partial charge on any atom is 0.250 e. The van der Waals surface area contributed by atoms with Crippen LogP contribution in [0.25, 0.3) is 11.0 Å². The van der Waals surface area contributed by atoms with Crippen LogP contribution >= 0.6 is 11.3 Å². The number of imidazole rings is 1. The first-order chi connectivity index (χ1) is 10.0. The molecule has 2 aromatic heterocycles. The molecule has 3 rings (SSSR count). The van der Waals surface area contributed by atoms with Crippen LogP contribution in [-0.4, -0.2) is 24.9 Å². The summed E-state index contributed by atoms with van der Waals surface area (Å²) in [6, 6.07) is 11.2. The van der Waals surface area contributed by atoms with Gasteiger partial charge in [-0.3, -0.25) is 0 Å². The number of aromatic nitrogens is 2. The van der Waals surface area contributed by atoms with Crippen LogP contribution in [0.3, 0.4) is 0 Å². The Kier molecular flexibility index (Phi) is 3.79. The standard InChI is InChI=1S/C14H15N3O2S2/c1-10-6-7-14(20-10)21(18,19)15-9-8-13-16-11-4-2-3-5-12(11)17-13/h2-7,15H,8-9H2,1H3,(H,16,17). The van der Waals surface area contributed by atoms with Gasteiger partial charge in [-0.15, -0.1) is 11.3 Å². The van der Waals surface area contributed by atoms with Crippen molar-refractivity contribution in [2.24, 2.45) is 0 Å². The predicted molar refractivity (Wildman–Crippen MR) is 84.0 cm³/mol. The minimum Gasteiger partial charge on any atom is -0.342 e. The minimum atomic E-state index is -3.41. The molecule has 0 unspecified atom stereocenters. The number of fused-ring (bicyclic) bond motifs is 1. The highest BCUT2D eigenvalue weighted by molar-refractivity contribution is 7.91. The minimum absolute atomic E-state index is 0.319. The highest BCUT2D eigenvalue weighted by Crippen LogP contribution is 2.20. The smallest absolute Gasteiger partial charge is 0.250 e. The summed E-state index contributed by atoms with van der Waals surface area (Å²) in [4.78, 5) is 8.58. The van der Waals surface area contributed by atoms with Gasteiger partial charge in [-0.2, -0.15) is 0 Å². The van der Waals surface area contributed by atoms with E-state index in [2.05, 4.69) is 14.7 Å². The number of sulfonamides is 1. The molecule has 0 saturated heterocycles. The van der Waals surface area contributed by atoms with E-state index in [1.165, 1.54) is 11.3 Å². The Hall–Kier alpha value is -1.70. The van der Waals surface area contributed by atoms with E-state index in [0.29, 0.717) is 17.2 Å². The molecule has 0 saturated carbocycles. The molecule has 7 heteroatoms. The molecule has 2 heterocycles. The molecule has 0 fully saturated rings. The number of nitrogens with one attached hydrogen (secondary N) is 2. The Morgan fingerprint density at radius 2 is 2.05 bits per heavy atom. The van der Waals surface area contributed by atoms with Crippen LogP contribution < -0.4 is 4.72 Å². The molecule has 0 atom stereocenters. The van der Waals surface area contributed by atoms with E-state index in [0.717, 1.165) is 21.7 Å². The van der Waals surface area contributed by atoms with Crippen LogP contribution in [0.1, 0.15) is 10.7 Å². The van der Waals surface area contributed by atoms with E-state index in [9.17, 15) is 8.42 Å². The summed E-state index contributed by atoms with van der Waals surface area (Å²) in [7, 11) is -3.41.